The summed E-state index contributed by atoms with van der Waals surface area (Å²) in [6.45, 7) is 10.2. The molecule has 0 unspecified atom stereocenters. The SMILES string of the molecule is CC(C)CN(CCOCCN1CCC[C@@H](C(=O)O)C1)c1ccccc1.Cl. The number of likely N-dealkylation sites (tertiary alicyclic amines) is 1. The first kappa shape index (κ1) is 22.7. The van der Waals surface area contributed by atoms with E-state index in [4.69, 9.17) is 9.84 Å². The highest BCUT2D eigenvalue weighted by Gasteiger charge is 2.24. The molecule has 0 saturated carbocycles. The molecule has 0 radical (unpaired) electrons. The molecule has 1 N–H and O–H groups in total. The van der Waals surface area contributed by atoms with E-state index in [1.165, 1.54) is 5.69 Å². The van der Waals surface area contributed by atoms with E-state index in [0.717, 1.165) is 39.0 Å². The second kappa shape index (κ2) is 12.2. The van der Waals surface area contributed by atoms with Gasteiger partial charge in [0.1, 0.15) is 0 Å². The van der Waals surface area contributed by atoms with Crippen molar-refractivity contribution < 1.29 is 14.6 Å². The number of ether oxygens (including phenoxy) is 1. The number of benzene rings is 1. The first-order valence-corrected chi connectivity index (χ1v) is 9.39. The summed E-state index contributed by atoms with van der Waals surface area (Å²) in [6, 6.07) is 10.5. The van der Waals surface area contributed by atoms with Crippen LogP contribution in [0, 0.1) is 11.8 Å². The van der Waals surface area contributed by atoms with Crippen molar-refractivity contribution in [1.29, 1.82) is 0 Å². The van der Waals surface area contributed by atoms with E-state index in [1.807, 2.05) is 6.07 Å². The number of aliphatic carboxylic acids is 1. The van der Waals surface area contributed by atoms with E-state index in [0.29, 0.717) is 25.7 Å². The van der Waals surface area contributed by atoms with Crippen molar-refractivity contribution in [2.24, 2.45) is 11.8 Å². The van der Waals surface area contributed by atoms with Gasteiger partial charge < -0.3 is 19.6 Å². The number of carbonyl (C=O) groups is 1. The molecule has 1 aliphatic rings. The van der Waals surface area contributed by atoms with Crippen molar-refractivity contribution in [1.82, 2.24) is 4.90 Å². The highest BCUT2D eigenvalue weighted by molar-refractivity contribution is 5.85. The number of hydrogen-bond acceptors (Lipinski definition) is 4. The molecule has 0 amide bonds. The maximum Gasteiger partial charge on any atom is 0.307 e. The van der Waals surface area contributed by atoms with Gasteiger partial charge in [0.15, 0.2) is 0 Å². The van der Waals surface area contributed by atoms with E-state index in [2.05, 4.69) is 47.9 Å². The summed E-state index contributed by atoms with van der Waals surface area (Å²) in [5.74, 6) is -0.285. The van der Waals surface area contributed by atoms with Crippen molar-refractivity contribution in [3.63, 3.8) is 0 Å². The molecule has 0 bridgehead atoms. The number of hydrogen-bond donors (Lipinski definition) is 1. The lowest BCUT2D eigenvalue weighted by Gasteiger charge is -2.30. The Kier molecular flexibility index (Phi) is 10.6. The van der Waals surface area contributed by atoms with Gasteiger partial charge in [-0.2, -0.15) is 0 Å². The molecule has 1 fully saturated rings. The smallest absolute Gasteiger partial charge is 0.307 e. The monoisotopic (exact) mass is 384 g/mol. The Morgan fingerprint density at radius 2 is 2.04 bits per heavy atom. The molecular weight excluding hydrogens is 352 g/mol. The van der Waals surface area contributed by atoms with Crippen LogP contribution in [0.15, 0.2) is 30.3 Å². The van der Waals surface area contributed by atoms with Crippen molar-refractivity contribution in [3.05, 3.63) is 30.3 Å². The van der Waals surface area contributed by atoms with Crippen LogP contribution in [-0.4, -0.2) is 61.9 Å². The number of para-hydroxylation sites is 1. The predicted octanol–water partition coefficient (Wildman–Crippen LogP) is 3.38. The Labute approximate surface area is 163 Å². The summed E-state index contributed by atoms with van der Waals surface area (Å²) >= 11 is 0. The molecule has 0 aromatic heterocycles. The van der Waals surface area contributed by atoms with Crippen LogP contribution in [0.5, 0.6) is 0 Å². The third-order valence-electron chi connectivity index (χ3n) is 4.62. The van der Waals surface area contributed by atoms with Gasteiger partial charge in [0.25, 0.3) is 0 Å². The molecule has 1 saturated heterocycles. The Morgan fingerprint density at radius 3 is 2.69 bits per heavy atom. The fourth-order valence-electron chi connectivity index (χ4n) is 3.34. The molecule has 1 atom stereocenters. The molecule has 5 nitrogen and oxygen atoms in total. The van der Waals surface area contributed by atoms with Crippen molar-refractivity contribution in [2.75, 3.05) is 50.8 Å². The van der Waals surface area contributed by atoms with Gasteiger partial charge in [-0.3, -0.25) is 4.79 Å². The van der Waals surface area contributed by atoms with E-state index in [1.54, 1.807) is 0 Å². The normalized spacial score (nSPS) is 17.7. The summed E-state index contributed by atoms with van der Waals surface area (Å²) in [5.41, 5.74) is 1.24. The number of anilines is 1. The number of nitrogens with zero attached hydrogens (tertiary/aromatic N) is 2. The number of carboxylic acid groups (broad SMARTS) is 1. The maximum absolute atomic E-state index is 11.1. The summed E-state index contributed by atoms with van der Waals surface area (Å²) in [7, 11) is 0. The summed E-state index contributed by atoms with van der Waals surface area (Å²) in [6.07, 6.45) is 1.76. The van der Waals surface area contributed by atoms with Crippen LogP contribution in [-0.2, 0) is 9.53 Å². The zero-order valence-corrected chi connectivity index (χ0v) is 16.8. The molecule has 0 aliphatic carbocycles. The van der Waals surface area contributed by atoms with Gasteiger partial charge in [-0.05, 0) is 37.4 Å². The molecule has 1 aromatic rings. The second-order valence-electron chi connectivity index (χ2n) is 7.27. The third kappa shape index (κ3) is 7.94. The minimum Gasteiger partial charge on any atom is -0.481 e. The Morgan fingerprint density at radius 1 is 1.31 bits per heavy atom. The molecule has 1 aliphatic heterocycles. The summed E-state index contributed by atoms with van der Waals surface area (Å²) < 4.78 is 5.83. The topological polar surface area (TPSA) is 53.0 Å². The fraction of sp³-hybridized carbons (Fsp3) is 0.650. The third-order valence-corrected chi connectivity index (χ3v) is 4.62. The van der Waals surface area contributed by atoms with E-state index < -0.39 is 5.97 Å². The first-order valence-electron chi connectivity index (χ1n) is 9.39. The molecule has 6 heteroatoms. The van der Waals surface area contributed by atoms with E-state index >= 15 is 0 Å². The molecule has 26 heavy (non-hydrogen) atoms. The quantitative estimate of drug-likeness (QED) is 0.627. The molecule has 1 aromatic carbocycles. The van der Waals surface area contributed by atoms with Gasteiger partial charge in [0.2, 0.25) is 0 Å². The van der Waals surface area contributed by atoms with Gasteiger partial charge in [-0.25, -0.2) is 0 Å². The standard InChI is InChI=1S/C20H32N2O3.ClH/c1-17(2)15-22(19-8-4-3-5-9-19)12-14-25-13-11-21-10-6-7-18(16-21)20(23)24;/h3-5,8-9,17-18H,6-7,10-16H2,1-2H3,(H,23,24);1H/t18-;/m1./s1. The van der Waals surface area contributed by atoms with Gasteiger partial charge in [-0.1, -0.05) is 32.0 Å². The molecule has 148 valence electrons. The Balaban J connectivity index is 0.00000338. The van der Waals surface area contributed by atoms with Crippen molar-refractivity contribution in [2.45, 2.75) is 26.7 Å². The van der Waals surface area contributed by atoms with Crippen LogP contribution in [0.2, 0.25) is 0 Å². The fourth-order valence-corrected chi connectivity index (χ4v) is 3.34. The summed E-state index contributed by atoms with van der Waals surface area (Å²) in [5, 5.41) is 9.14. The highest BCUT2D eigenvalue weighted by Crippen LogP contribution is 2.16. The molecular formula is C20H33ClN2O3. The summed E-state index contributed by atoms with van der Waals surface area (Å²) in [4.78, 5) is 15.7. The predicted molar refractivity (Wildman–Crippen MR) is 108 cm³/mol. The number of halogens is 1. The van der Waals surface area contributed by atoms with Crippen molar-refractivity contribution in [3.8, 4) is 0 Å². The zero-order valence-electron chi connectivity index (χ0n) is 16.0. The highest BCUT2D eigenvalue weighted by atomic mass is 35.5. The van der Waals surface area contributed by atoms with Crippen LogP contribution in [0.4, 0.5) is 5.69 Å². The minimum absolute atomic E-state index is 0. The van der Waals surface area contributed by atoms with Crippen LogP contribution >= 0.6 is 12.4 Å². The first-order chi connectivity index (χ1) is 12.1. The van der Waals surface area contributed by atoms with Gasteiger partial charge in [0, 0.05) is 31.9 Å². The lowest BCUT2D eigenvalue weighted by atomic mass is 9.98. The number of carboxylic acids is 1. The van der Waals surface area contributed by atoms with Crippen LogP contribution in [0.3, 0.4) is 0 Å². The van der Waals surface area contributed by atoms with Crippen LogP contribution < -0.4 is 4.90 Å². The molecule has 1 heterocycles. The Hall–Kier alpha value is -1.30. The van der Waals surface area contributed by atoms with E-state index in [9.17, 15) is 4.79 Å². The zero-order chi connectivity index (χ0) is 18.1. The van der Waals surface area contributed by atoms with E-state index in [-0.39, 0.29) is 18.3 Å². The van der Waals surface area contributed by atoms with Gasteiger partial charge >= 0.3 is 5.97 Å². The average molecular weight is 385 g/mol. The molecule has 2 rings (SSSR count). The second-order valence-corrected chi connectivity index (χ2v) is 7.27. The van der Waals surface area contributed by atoms with Crippen LogP contribution in [0.25, 0.3) is 0 Å². The lowest BCUT2D eigenvalue weighted by Crippen LogP contribution is -2.40. The maximum atomic E-state index is 11.1. The largest absolute Gasteiger partial charge is 0.481 e. The molecule has 0 spiro atoms. The van der Waals surface area contributed by atoms with Crippen molar-refractivity contribution >= 4 is 24.1 Å². The van der Waals surface area contributed by atoms with Gasteiger partial charge in [0.05, 0.1) is 19.1 Å². The minimum atomic E-state index is -0.669. The van der Waals surface area contributed by atoms with Crippen LogP contribution in [0.1, 0.15) is 26.7 Å². The van der Waals surface area contributed by atoms with Gasteiger partial charge in [-0.15, -0.1) is 12.4 Å². The number of piperidine rings is 1. The Bertz CT molecular complexity index is 513. The lowest BCUT2D eigenvalue weighted by molar-refractivity contribution is -0.143. The number of rotatable bonds is 10. The average Bonchev–Trinajstić information content (AvgIpc) is 2.61.